The molecule has 6 heteroatoms. The second-order valence-corrected chi connectivity index (χ2v) is 6.02. The standard InChI is InChI=1S/C12H21N3O2S/c1-4-15(8-12(2,3)17)7-9-5-6-10(18-9)11(16)14-13/h5-6,17H,4,7-8,13H2,1-3H3,(H,14,16). The molecule has 1 amide bonds. The average molecular weight is 271 g/mol. The van der Waals surface area contributed by atoms with Crippen molar-refractivity contribution in [2.75, 3.05) is 13.1 Å². The van der Waals surface area contributed by atoms with Crippen LogP contribution in [-0.2, 0) is 6.54 Å². The first kappa shape index (κ1) is 15.1. The molecule has 4 N–H and O–H groups in total. The third-order valence-electron chi connectivity index (χ3n) is 2.45. The summed E-state index contributed by atoms with van der Waals surface area (Å²) >= 11 is 1.42. The number of carbonyl (C=O) groups is 1. The molecule has 1 heterocycles. The Morgan fingerprint density at radius 3 is 2.72 bits per heavy atom. The molecule has 1 aromatic rings. The molecule has 0 bridgehead atoms. The van der Waals surface area contributed by atoms with Crippen LogP contribution in [0.25, 0.3) is 0 Å². The molecule has 0 saturated carbocycles. The summed E-state index contributed by atoms with van der Waals surface area (Å²) in [5, 5.41) is 9.81. The van der Waals surface area contributed by atoms with E-state index < -0.39 is 5.60 Å². The van der Waals surface area contributed by atoms with Crippen molar-refractivity contribution in [1.82, 2.24) is 10.3 Å². The first-order valence-electron chi connectivity index (χ1n) is 5.90. The molecule has 0 fully saturated rings. The van der Waals surface area contributed by atoms with E-state index in [1.165, 1.54) is 11.3 Å². The zero-order valence-electron chi connectivity index (χ0n) is 11.1. The van der Waals surface area contributed by atoms with Crippen molar-refractivity contribution in [1.29, 1.82) is 0 Å². The van der Waals surface area contributed by atoms with Crippen LogP contribution in [0.15, 0.2) is 12.1 Å². The smallest absolute Gasteiger partial charge is 0.275 e. The van der Waals surface area contributed by atoms with Crippen LogP contribution in [0.3, 0.4) is 0 Å². The van der Waals surface area contributed by atoms with Gasteiger partial charge in [-0.05, 0) is 32.5 Å². The Kier molecular flexibility index (Phi) is 5.28. The second-order valence-electron chi connectivity index (χ2n) is 4.86. The number of nitrogens with two attached hydrogens (primary N) is 1. The molecule has 1 aromatic heterocycles. The largest absolute Gasteiger partial charge is 0.389 e. The fraction of sp³-hybridized carbons (Fsp3) is 0.583. The third kappa shape index (κ3) is 4.73. The Hall–Kier alpha value is -0.950. The van der Waals surface area contributed by atoms with E-state index >= 15 is 0 Å². The first-order chi connectivity index (χ1) is 8.35. The number of amides is 1. The zero-order chi connectivity index (χ0) is 13.8. The highest BCUT2D eigenvalue weighted by Crippen LogP contribution is 2.19. The molecule has 0 aromatic carbocycles. The van der Waals surface area contributed by atoms with Gasteiger partial charge in [-0.1, -0.05) is 6.92 Å². The maximum Gasteiger partial charge on any atom is 0.275 e. The van der Waals surface area contributed by atoms with E-state index in [0.29, 0.717) is 11.4 Å². The Morgan fingerprint density at radius 2 is 2.22 bits per heavy atom. The Morgan fingerprint density at radius 1 is 1.56 bits per heavy atom. The van der Waals surface area contributed by atoms with Gasteiger partial charge >= 0.3 is 0 Å². The van der Waals surface area contributed by atoms with Gasteiger partial charge in [-0.25, -0.2) is 5.84 Å². The maximum atomic E-state index is 11.3. The Balaban J connectivity index is 2.65. The fourth-order valence-corrected chi connectivity index (χ4v) is 2.66. The van der Waals surface area contributed by atoms with Gasteiger partial charge < -0.3 is 5.11 Å². The van der Waals surface area contributed by atoms with Crippen molar-refractivity contribution in [2.45, 2.75) is 32.9 Å². The summed E-state index contributed by atoms with van der Waals surface area (Å²) in [6, 6.07) is 3.68. The Labute approximate surface area is 112 Å². The van der Waals surface area contributed by atoms with Crippen LogP contribution < -0.4 is 11.3 Å². The molecule has 0 aliphatic rings. The summed E-state index contributed by atoms with van der Waals surface area (Å²) in [6.45, 7) is 7.80. The number of thiophene rings is 1. The van der Waals surface area contributed by atoms with E-state index in [1.54, 1.807) is 19.9 Å². The van der Waals surface area contributed by atoms with Gasteiger partial charge in [0.1, 0.15) is 0 Å². The van der Waals surface area contributed by atoms with E-state index in [1.807, 2.05) is 13.0 Å². The van der Waals surface area contributed by atoms with Crippen LogP contribution in [0.2, 0.25) is 0 Å². The average Bonchev–Trinajstić information content (AvgIpc) is 2.73. The molecule has 0 aliphatic carbocycles. The molecule has 5 nitrogen and oxygen atoms in total. The topological polar surface area (TPSA) is 78.6 Å². The summed E-state index contributed by atoms with van der Waals surface area (Å²) in [6.07, 6.45) is 0. The van der Waals surface area contributed by atoms with E-state index in [9.17, 15) is 9.90 Å². The number of nitrogens with zero attached hydrogens (tertiary/aromatic N) is 1. The van der Waals surface area contributed by atoms with Crippen molar-refractivity contribution >= 4 is 17.2 Å². The SMILES string of the molecule is CCN(Cc1ccc(C(=O)NN)s1)CC(C)(C)O. The molecule has 0 saturated heterocycles. The van der Waals surface area contributed by atoms with Crippen LogP contribution in [-0.4, -0.2) is 34.6 Å². The fourth-order valence-electron chi connectivity index (χ4n) is 1.70. The van der Waals surface area contributed by atoms with E-state index in [4.69, 9.17) is 5.84 Å². The zero-order valence-corrected chi connectivity index (χ0v) is 11.9. The minimum atomic E-state index is -0.718. The van der Waals surface area contributed by atoms with Gasteiger partial charge in [-0.15, -0.1) is 11.3 Å². The highest BCUT2D eigenvalue weighted by Gasteiger charge is 2.18. The van der Waals surface area contributed by atoms with E-state index in [0.717, 1.165) is 18.0 Å². The van der Waals surface area contributed by atoms with Gasteiger partial charge in [0, 0.05) is 18.0 Å². The molecule has 18 heavy (non-hydrogen) atoms. The minimum Gasteiger partial charge on any atom is -0.389 e. The van der Waals surface area contributed by atoms with Crippen molar-refractivity contribution in [3.8, 4) is 0 Å². The molecule has 1 rings (SSSR count). The predicted octanol–water partition coefficient (Wildman–Crippen LogP) is 0.944. The minimum absolute atomic E-state index is 0.267. The van der Waals surface area contributed by atoms with Gasteiger partial charge in [-0.3, -0.25) is 15.1 Å². The van der Waals surface area contributed by atoms with E-state index in [2.05, 4.69) is 10.3 Å². The van der Waals surface area contributed by atoms with Crippen LogP contribution in [0, 0.1) is 0 Å². The van der Waals surface area contributed by atoms with E-state index in [-0.39, 0.29) is 5.91 Å². The molecule has 0 unspecified atom stereocenters. The highest BCUT2D eigenvalue weighted by molar-refractivity contribution is 7.14. The number of hydrogen-bond acceptors (Lipinski definition) is 5. The summed E-state index contributed by atoms with van der Waals surface area (Å²) < 4.78 is 0. The van der Waals surface area contributed by atoms with Crippen molar-refractivity contribution < 1.29 is 9.90 Å². The molecule has 102 valence electrons. The number of hydrogen-bond donors (Lipinski definition) is 3. The van der Waals surface area contributed by atoms with Gasteiger partial charge in [0.25, 0.3) is 5.91 Å². The molecule has 0 atom stereocenters. The van der Waals surface area contributed by atoms with Crippen LogP contribution in [0.5, 0.6) is 0 Å². The quantitative estimate of drug-likeness (QED) is 0.409. The number of carbonyl (C=O) groups excluding carboxylic acids is 1. The lowest BCUT2D eigenvalue weighted by atomic mass is 10.1. The predicted molar refractivity (Wildman–Crippen MR) is 73.2 cm³/mol. The van der Waals surface area contributed by atoms with Crippen LogP contribution >= 0.6 is 11.3 Å². The number of aliphatic hydroxyl groups is 1. The summed E-state index contributed by atoms with van der Waals surface area (Å²) in [4.78, 5) is 15.2. The van der Waals surface area contributed by atoms with Gasteiger partial charge in [0.15, 0.2) is 0 Å². The monoisotopic (exact) mass is 271 g/mol. The lowest BCUT2D eigenvalue weighted by Gasteiger charge is -2.27. The number of nitrogen functional groups attached to an aromatic ring is 1. The van der Waals surface area contributed by atoms with Gasteiger partial charge in [0.2, 0.25) is 0 Å². The van der Waals surface area contributed by atoms with Crippen LogP contribution in [0.4, 0.5) is 0 Å². The summed E-state index contributed by atoms with van der Waals surface area (Å²) in [5.74, 6) is 4.82. The molecular weight excluding hydrogens is 250 g/mol. The number of likely N-dealkylation sites (N-methyl/N-ethyl adjacent to an activating group) is 1. The van der Waals surface area contributed by atoms with Gasteiger partial charge in [0.05, 0.1) is 10.5 Å². The van der Waals surface area contributed by atoms with Crippen LogP contribution in [0.1, 0.15) is 35.3 Å². The first-order valence-corrected chi connectivity index (χ1v) is 6.71. The van der Waals surface area contributed by atoms with Crippen molar-refractivity contribution in [3.05, 3.63) is 21.9 Å². The van der Waals surface area contributed by atoms with Crippen molar-refractivity contribution in [3.63, 3.8) is 0 Å². The number of hydrazine groups is 1. The Bertz CT molecular complexity index is 398. The maximum absolute atomic E-state index is 11.3. The van der Waals surface area contributed by atoms with Gasteiger partial charge in [-0.2, -0.15) is 0 Å². The lowest BCUT2D eigenvalue weighted by molar-refractivity contribution is 0.0356. The normalized spacial score (nSPS) is 11.9. The molecule has 0 radical (unpaired) electrons. The lowest BCUT2D eigenvalue weighted by Crippen LogP contribution is -2.37. The number of nitrogens with one attached hydrogen (secondary N) is 1. The highest BCUT2D eigenvalue weighted by atomic mass is 32.1. The third-order valence-corrected chi connectivity index (χ3v) is 3.52. The summed E-state index contributed by atoms with van der Waals surface area (Å²) in [5.41, 5.74) is 1.40. The summed E-state index contributed by atoms with van der Waals surface area (Å²) in [7, 11) is 0. The molecular formula is C12H21N3O2S. The number of rotatable bonds is 6. The molecule has 0 aliphatic heterocycles. The molecule has 0 spiro atoms. The second kappa shape index (κ2) is 6.29. The van der Waals surface area contributed by atoms with Crippen molar-refractivity contribution in [2.24, 2.45) is 5.84 Å².